The second kappa shape index (κ2) is 7.99. The highest BCUT2D eigenvalue weighted by molar-refractivity contribution is 6.01. The number of nitrogens with one attached hydrogen (secondary N) is 1. The van der Waals surface area contributed by atoms with Gasteiger partial charge in [-0.2, -0.15) is 0 Å². The van der Waals surface area contributed by atoms with E-state index in [0.29, 0.717) is 22.8 Å². The van der Waals surface area contributed by atoms with E-state index in [2.05, 4.69) is 5.32 Å². The number of amides is 1. The van der Waals surface area contributed by atoms with Crippen LogP contribution in [0.15, 0.2) is 54.6 Å². The van der Waals surface area contributed by atoms with Crippen molar-refractivity contribution in [1.82, 2.24) is 5.32 Å². The smallest absolute Gasteiger partial charge is 0.255 e. The maximum Gasteiger partial charge on any atom is 0.255 e. The van der Waals surface area contributed by atoms with E-state index in [-0.39, 0.29) is 11.9 Å². The van der Waals surface area contributed by atoms with Gasteiger partial charge in [0.05, 0.1) is 32.9 Å². The van der Waals surface area contributed by atoms with E-state index in [1.807, 2.05) is 61.5 Å². The predicted molar refractivity (Wildman–Crippen MR) is 106 cm³/mol. The first kappa shape index (κ1) is 18.6. The molecule has 1 N–H and O–H groups in total. The Morgan fingerprint density at radius 3 is 2.07 bits per heavy atom. The summed E-state index contributed by atoms with van der Waals surface area (Å²) in [5.74, 6) is 1.63. The molecule has 0 spiro atoms. The van der Waals surface area contributed by atoms with Crippen LogP contribution in [0.3, 0.4) is 0 Å². The molecular weight excluding hydrogens is 342 g/mol. The summed E-state index contributed by atoms with van der Waals surface area (Å²) < 4.78 is 16.0. The number of fused-ring (bicyclic) bond motifs is 1. The lowest BCUT2D eigenvalue weighted by molar-refractivity contribution is 0.0937. The van der Waals surface area contributed by atoms with Gasteiger partial charge in [0.2, 0.25) is 0 Å². The van der Waals surface area contributed by atoms with E-state index >= 15 is 0 Å². The fraction of sp³-hybridized carbons (Fsp3) is 0.227. The minimum atomic E-state index is -0.214. The van der Waals surface area contributed by atoms with Crippen LogP contribution in [0.2, 0.25) is 0 Å². The van der Waals surface area contributed by atoms with Crippen LogP contribution in [-0.2, 0) is 0 Å². The number of hydrogen-bond acceptors (Lipinski definition) is 4. The van der Waals surface area contributed by atoms with E-state index in [4.69, 9.17) is 14.2 Å². The van der Waals surface area contributed by atoms with Gasteiger partial charge in [0.1, 0.15) is 5.75 Å². The molecule has 3 rings (SSSR count). The number of methoxy groups -OCH3 is 3. The zero-order chi connectivity index (χ0) is 19.4. The molecule has 0 aliphatic rings. The van der Waals surface area contributed by atoms with Crippen molar-refractivity contribution in [2.75, 3.05) is 21.3 Å². The summed E-state index contributed by atoms with van der Waals surface area (Å²) in [5.41, 5.74) is 1.42. The Kier molecular flexibility index (Phi) is 5.50. The van der Waals surface area contributed by atoms with E-state index in [1.54, 1.807) is 21.3 Å². The van der Waals surface area contributed by atoms with Gasteiger partial charge in [0.15, 0.2) is 11.5 Å². The van der Waals surface area contributed by atoms with Gasteiger partial charge >= 0.3 is 0 Å². The summed E-state index contributed by atoms with van der Waals surface area (Å²) in [7, 11) is 4.75. The molecule has 0 aromatic heterocycles. The molecule has 0 radical (unpaired) electrons. The van der Waals surface area contributed by atoms with Crippen LogP contribution in [0.5, 0.6) is 17.2 Å². The van der Waals surface area contributed by atoms with Crippen LogP contribution in [0.4, 0.5) is 0 Å². The Bertz CT molecular complexity index is 968. The average Bonchev–Trinajstić information content (AvgIpc) is 2.71. The Morgan fingerprint density at radius 2 is 1.44 bits per heavy atom. The highest BCUT2D eigenvalue weighted by Gasteiger charge is 2.17. The summed E-state index contributed by atoms with van der Waals surface area (Å²) in [4.78, 5) is 12.9. The third-order valence-corrected chi connectivity index (χ3v) is 4.57. The van der Waals surface area contributed by atoms with Gasteiger partial charge in [-0.05, 0) is 47.5 Å². The van der Waals surface area contributed by atoms with E-state index in [0.717, 1.165) is 16.3 Å². The standard InChI is InChI=1S/C22H23NO4/c1-14(15-9-10-19(25-2)21(12-15)27-4)23-22(24)18-11-16-7-5-6-8-17(16)13-20(18)26-3/h5-14H,1-4H3,(H,23,24)/t14-/m1/s1. The topological polar surface area (TPSA) is 56.8 Å². The van der Waals surface area contributed by atoms with Gasteiger partial charge in [-0.1, -0.05) is 30.3 Å². The lowest BCUT2D eigenvalue weighted by Crippen LogP contribution is -2.27. The Balaban J connectivity index is 1.87. The minimum Gasteiger partial charge on any atom is -0.496 e. The molecule has 0 saturated carbocycles. The van der Waals surface area contributed by atoms with Crippen LogP contribution >= 0.6 is 0 Å². The molecule has 5 nitrogen and oxygen atoms in total. The number of rotatable bonds is 6. The molecule has 0 fully saturated rings. The van der Waals surface area contributed by atoms with E-state index < -0.39 is 0 Å². The number of benzene rings is 3. The van der Waals surface area contributed by atoms with Crippen LogP contribution in [0, 0.1) is 0 Å². The lowest BCUT2D eigenvalue weighted by atomic mass is 10.0. The molecule has 0 saturated heterocycles. The van der Waals surface area contributed by atoms with Gasteiger partial charge in [0.25, 0.3) is 5.91 Å². The van der Waals surface area contributed by atoms with Gasteiger partial charge in [0, 0.05) is 0 Å². The van der Waals surface area contributed by atoms with Crippen LogP contribution in [0.25, 0.3) is 10.8 Å². The second-order valence-electron chi connectivity index (χ2n) is 6.21. The molecule has 3 aromatic rings. The van der Waals surface area contributed by atoms with Crippen LogP contribution < -0.4 is 19.5 Å². The van der Waals surface area contributed by atoms with Crippen molar-refractivity contribution in [3.63, 3.8) is 0 Å². The van der Waals surface area contributed by atoms with Gasteiger partial charge < -0.3 is 19.5 Å². The summed E-state index contributed by atoms with van der Waals surface area (Å²) in [6, 6.07) is 17.0. The quantitative estimate of drug-likeness (QED) is 0.705. The van der Waals surface area contributed by atoms with E-state index in [9.17, 15) is 4.79 Å². The molecule has 0 bridgehead atoms. The Hall–Kier alpha value is -3.21. The highest BCUT2D eigenvalue weighted by atomic mass is 16.5. The van der Waals surface area contributed by atoms with Crippen molar-refractivity contribution in [2.45, 2.75) is 13.0 Å². The molecule has 1 amide bonds. The first-order valence-electron chi connectivity index (χ1n) is 8.67. The normalized spacial score (nSPS) is 11.7. The maximum absolute atomic E-state index is 12.9. The van der Waals surface area contributed by atoms with Crippen LogP contribution in [-0.4, -0.2) is 27.2 Å². The maximum atomic E-state index is 12.9. The zero-order valence-electron chi connectivity index (χ0n) is 15.9. The molecule has 0 heterocycles. The molecule has 27 heavy (non-hydrogen) atoms. The zero-order valence-corrected chi connectivity index (χ0v) is 15.9. The third kappa shape index (κ3) is 3.82. The van der Waals surface area contributed by atoms with Crippen molar-refractivity contribution in [2.24, 2.45) is 0 Å². The number of carbonyl (C=O) groups is 1. The van der Waals surface area contributed by atoms with E-state index in [1.165, 1.54) is 0 Å². The highest BCUT2D eigenvalue weighted by Crippen LogP contribution is 2.31. The fourth-order valence-electron chi connectivity index (χ4n) is 3.05. The lowest BCUT2D eigenvalue weighted by Gasteiger charge is -2.18. The Morgan fingerprint density at radius 1 is 0.815 bits per heavy atom. The molecule has 1 atom stereocenters. The molecular formula is C22H23NO4. The summed E-state index contributed by atoms with van der Waals surface area (Å²) in [6.45, 7) is 1.92. The van der Waals surface area contributed by atoms with Crippen molar-refractivity contribution < 1.29 is 19.0 Å². The predicted octanol–water partition coefficient (Wildman–Crippen LogP) is 4.36. The first-order valence-corrected chi connectivity index (χ1v) is 8.67. The third-order valence-electron chi connectivity index (χ3n) is 4.57. The molecule has 5 heteroatoms. The summed E-state index contributed by atoms with van der Waals surface area (Å²) >= 11 is 0. The Labute approximate surface area is 158 Å². The van der Waals surface area contributed by atoms with Crippen LogP contribution in [0.1, 0.15) is 28.9 Å². The molecule has 0 aliphatic carbocycles. The summed E-state index contributed by atoms with van der Waals surface area (Å²) in [6.07, 6.45) is 0. The number of carbonyl (C=O) groups excluding carboxylic acids is 1. The van der Waals surface area contributed by atoms with Gasteiger partial charge in [-0.3, -0.25) is 4.79 Å². The molecule has 0 aliphatic heterocycles. The number of ether oxygens (including phenoxy) is 3. The van der Waals surface area contributed by atoms with Gasteiger partial charge in [-0.15, -0.1) is 0 Å². The van der Waals surface area contributed by atoms with Crippen molar-refractivity contribution in [3.8, 4) is 17.2 Å². The fourth-order valence-corrected chi connectivity index (χ4v) is 3.05. The minimum absolute atomic E-state index is 0.195. The monoisotopic (exact) mass is 365 g/mol. The first-order chi connectivity index (χ1) is 13.1. The largest absolute Gasteiger partial charge is 0.496 e. The van der Waals surface area contributed by atoms with Crippen molar-refractivity contribution >= 4 is 16.7 Å². The molecule has 140 valence electrons. The van der Waals surface area contributed by atoms with Gasteiger partial charge in [-0.25, -0.2) is 0 Å². The number of hydrogen-bond donors (Lipinski definition) is 1. The molecule has 3 aromatic carbocycles. The second-order valence-corrected chi connectivity index (χ2v) is 6.21. The van der Waals surface area contributed by atoms with Crippen molar-refractivity contribution in [1.29, 1.82) is 0 Å². The molecule has 0 unspecified atom stereocenters. The SMILES string of the molecule is COc1ccc([C@@H](C)NC(=O)c2cc3ccccc3cc2OC)cc1OC. The average molecular weight is 365 g/mol. The van der Waals surface area contributed by atoms with Crippen molar-refractivity contribution in [3.05, 3.63) is 65.7 Å². The summed E-state index contributed by atoms with van der Waals surface area (Å²) in [5, 5.41) is 5.04.